The van der Waals surface area contributed by atoms with Crippen molar-refractivity contribution in [2.45, 2.75) is 25.4 Å². The molecule has 0 radical (unpaired) electrons. The van der Waals surface area contributed by atoms with Crippen LogP contribution in [0.1, 0.15) is 24.8 Å². The van der Waals surface area contributed by atoms with Crippen molar-refractivity contribution in [2.75, 3.05) is 23.3 Å². The smallest absolute Gasteiger partial charge is 0.230 e. The molecule has 1 N–H and O–H groups in total. The second-order valence-corrected chi connectivity index (χ2v) is 6.97. The summed E-state index contributed by atoms with van der Waals surface area (Å²) in [6, 6.07) is 15.7. The van der Waals surface area contributed by atoms with Gasteiger partial charge in [-0.05, 0) is 54.7 Å². The summed E-state index contributed by atoms with van der Waals surface area (Å²) in [7, 11) is 0. The molecule has 2 atom stereocenters. The maximum Gasteiger partial charge on any atom is 0.230 e. The molecular weight excluding hydrogens is 329 g/mol. The molecule has 2 fully saturated rings. The Balaban J connectivity index is 1.58. The summed E-state index contributed by atoms with van der Waals surface area (Å²) in [6.07, 6.45) is 1.63. The van der Waals surface area contributed by atoms with Crippen LogP contribution >= 0.6 is 0 Å². The van der Waals surface area contributed by atoms with Gasteiger partial charge in [0.25, 0.3) is 0 Å². The van der Waals surface area contributed by atoms with Gasteiger partial charge in [0.05, 0.1) is 17.2 Å². The first-order valence-corrected chi connectivity index (χ1v) is 9.00. The molecule has 4 nitrogen and oxygen atoms in total. The number of benzene rings is 2. The highest BCUT2D eigenvalue weighted by atomic mass is 19.1. The summed E-state index contributed by atoms with van der Waals surface area (Å²) in [6.45, 7) is 1.98. The molecule has 5 heteroatoms. The van der Waals surface area contributed by atoms with Gasteiger partial charge in [0, 0.05) is 18.8 Å². The maximum absolute atomic E-state index is 13.0. The van der Waals surface area contributed by atoms with Crippen molar-refractivity contribution < 1.29 is 9.18 Å². The SMILES string of the molecule is N#Cc1cc(-c2cccc(NC(=O)C3C[C@H]3F)c2)ccc1N1CCCC1. The van der Waals surface area contributed by atoms with Gasteiger partial charge in [0.1, 0.15) is 12.2 Å². The first kappa shape index (κ1) is 16.6. The molecule has 1 aliphatic carbocycles. The predicted molar refractivity (Wildman–Crippen MR) is 99.7 cm³/mol. The van der Waals surface area contributed by atoms with Crippen LogP contribution in [0.3, 0.4) is 0 Å². The Morgan fingerprint density at radius 2 is 1.88 bits per heavy atom. The van der Waals surface area contributed by atoms with Gasteiger partial charge < -0.3 is 10.2 Å². The summed E-state index contributed by atoms with van der Waals surface area (Å²) in [5.74, 6) is -0.777. The highest BCUT2D eigenvalue weighted by Crippen LogP contribution is 2.35. The van der Waals surface area contributed by atoms with Crippen LogP contribution in [0.2, 0.25) is 0 Å². The van der Waals surface area contributed by atoms with Gasteiger partial charge in [-0.1, -0.05) is 18.2 Å². The number of nitriles is 1. The Hall–Kier alpha value is -2.87. The zero-order valence-corrected chi connectivity index (χ0v) is 14.4. The zero-order chi connectivity index (χ0) is 18.1. The number of nitrogens with zero attached hydrogens (tertiary/aromatic N) is 2. The molecule has 1 unspecified atom stereocenters. The molecule has 2 aromatic carbocycles. The lowest BCUT2D eigenvalue weighted by molar-refractivity contribution is -0.117. The van der Waals surface area contributed by atoms with Crippen molar-refractivity contribution in [1.82, 2.24) is 0 Å². The monoisotopic (exact) mass is 349 g/mol. The fourth-order valence-corrected chi connectivity index (χ4v) is 3.49. The van der Waals surface area contributed by atoms with E-state index in [1.807, 2.05) is 36.4 Å². The van der Waals surface area contributed by atoms with Crippen LogP contribution in [-0.4, -0.2) is 25.2 Å². The third-order valence-corrected chi connectivity index (χ3v) is 5.08. The van der Waals surface area contributed by atoms with Crippen LogP contribution in [0.4, 0.5) is 15.8 Å². The summed E-state index contributed by atoms with van der Waals surface area (Å²) < 4.78 is 13.0. The minimum Gasteiger partial charge on any atom is -0.370 e. The third kappa shape index (κ3) is 3.28. The van der Waals surface area contributed by atoms with Crippen LogP contribution in [-0.2, 0) is 4.79 Å². The summed E-state index contributed by atoms with van der Waals surface area (Å²) in [5.41, 5.74) is 4.14. The number of anilines is 2. The molecule has 132 valence electrons. The lowest BCUT2D eigenvalue weighted by atomic mass is 10.0. The predicted octanol–water partition coefficient (Wildman–Crippen LogP) is 4.12. The molecule has 1 aliphatic heterocycles. The first-order chi connectivity index (χ1) is 12.7. The zero-order valence-electron chi connectivity index (χ0n) is 14.4. The van der Waals surface area contributed by atoms with E-state index >= 15 is 0 Å². The normalized spacial score (nSPS) is 21.3. The van der Waals surface area contributed by atoms with E-state index in [9.17, 15) is 14.4 Å². The number of carbonyl (C=O) groups excluding carboxylic acids is 1. The molecule has 0 spiro atoms. The van der Waals surface area contributed by atoms with E-state index < -0.39 is 12.1 Å². The Morgan fingerprint density at radius 1 is 1.15 bits per heavy atom. The van der Waals surface area contributed by atoms with Gasteiger partial charge in [0.15, 0.2) is 0 Å². The summed E-state index contributed by atoms with van der Waals surface area (Å²) >= 11 is 0. The molecule has 1 heterocycles. The van der Waals surface area contributed by atoms with E-state index in [4.69, 9.17) is 0 Å². The minimum absolute atomic E-state index is 0.267. The van der Waals surface area contributed by atoms with Gasteiger partial charge in [0.2, 0.25) is 5.91 Å². The van der Waals surface area contributed by atoms with Crippen LogP contribution in [0, 0.1) is 17.2 Å². The average Bonchev–Trinajstić information content (AvgIpc) is 3.17. The number of amides is 1. The second kappa shape index (κ2) is 6.80. The van der Waals surface area contributed by atoms with E-state index in [-0.39, 0.29) is 5.91 Å². The standard InChI is InChI=1S/C21H20FN3O/c22-19-12-18(19)21(26)24-17-5-3-4-14(11-17)15-6-7-20(16(10-15)13-23)25-8-1-2-9-25/h3-7,10-11,18-19H,1-2,8-9,12H2,(H,24,26)/t18?,19-/m1/s1. The lowest BCUT2D eigenvalue weighted by Crippen LogP contribution is -2.18. The molecule has 2 aromatic rings. The minimum atomic E-state index is -1.01. The highest BCUT2D eigenvalue weighted by molar-refractivity contribution is 5.95. The van der Waals surface area contributed by atoms with Crippen molar-refractivity contribution in [3.63, 3.8) is 0 Å². The number of carbonyl (C=O) groups is 1. The van der Waals surface area contributed by atoms with Crippen LogP contribution in [0.15, 0.2) is 42.5 Å². The van der Waals surface area contributed by atoms with Crippen LogP contribution < -0.4 is 10.2 Å². The fraction of sp³-hybridized carbons (Fsp3) is 0.333. The third-order valence-electron chi connectivity index (χ3n) is 5.08. The number of hydrogen-bond donors (Lipinski definition) is 1. The van der Waals surface area contributed by atoms with E-state index in [1.54, 1.807) is 6.07 Å². The number of halogens is 1. The van der Waals surface area contributed by atoms with Crippen molar-refractivity contribution in [3.8, 4) is 17.2 Å². The largest absolute Gasteiger partial charge is 0.370 e. The van der Waals surface area contributed by atoms with Gasteiger partial charge in [-0.25, -0.2) is 4.39 Å². The van der Waals surface area contributed by atoms with Crippen molar-refractivity contribution >= 4 is 17.3 Å². The molecule has 1 amide bonds. The quantitative estimate of drug-likeness (QED) is 0.903. The maximum atomic E-state index is 13.0. The molecular formula is C21H20FN3O. The Morgan fingerprint density at radius 3 is 2.58 bits per heavy atom. The van der Waals surface area contributed by atoms with Crippen LogP contribution in [0.5, 0.6) is 0 Å². The van der Waals surface area contributed by atoms with Crippen LogP contribution in [0.25, 0.3) is 11.1 Å². The van der Waals surface area contributed by atoms with E-state index in [2.05, 4.69) is 16.3 Å². The Labute approximate surface area is 152 Å². The van der Waals surface area contributed by atoms with E-state index in [0.29, 0.717) is 17.7 Å². The summed E-state index contributed by atoms with van der Waals surface area (Å²) in [4.78, 5) is 14.2. The molecule has 4 rings (SSSR count). The van der Waals surface area contributed by atoms with E-state index in [1.165, 1.54) is 0 Å². The average molecular weight is 349 g/mol. The molecule has 26 heavy (non-hydrogen) atoms. The Kier molecular flexibility index (Phi) is 4.34. The number of hydrogen-bond acceptors (Lipinski definition) is 3. The van der Waals surface area contributed by atoms with Gasteiger partial charge in [-0.3, -0.25) is 4.79 Å². The fourth-order valence-electron chi connectivity index (χ4n) is 3.49. The van der Waals surface area contributed by atoms with Crippen molar-refractivity contribution in [2.24, 2.45) is 5.92 Å². The lowest BCUT2D eigenvalue weighted by Gasteiger charge is -2.19. The topological polar surface area (TPSA) is 56.1 Å². The molecule has 0 bridgehead atoms. The van der Waals surface area contributed by atoms with Gasteiger partial charge >= 0.3 is 0 Å². The molecule has 0 aromatic heterocycles. The van der Waals surface area contributed by atoms with Gasteiger partial charge in [-0.2, -0.15) is 5.26 Å². The Bertz CT molecular complexity index is 883. The second-order valence-electron chi connectivity index (χ2n) is 6.97. The molecule has 1 saturated carbocycles. The highest BCUT2D eigenvalue weighted by Gasteiger charge is 2.43. The van der Waals surface area contributed by atoms with E-state index in [0.717, 1.165) is 42.7 Å². The first-order valence-electron chi connectivity index (χ1n) is 9.00. The summed E-state index contributed by atoms with van der Waals surface area (Å²) in [5, 5.41) is 12.3. The number of nitrogens with one attached hydrogen (secondary N) is 1. The number of alkyl halides is 1. The molecule has 1 saturated heterocycles. The van der Waals surface area contributed by atoms with Crippen molar-refractivity contribution in [1.29, 1.82) is 5.26 Å². The van der Waals surface area contributed by atoms with Crippen molar-refractivity contribution in [3.05, 3.63) is 48.0 Å². The number of rotatable bonds is 4. The molecule has 2 aliphatic rings. The van der Waals surface area contributed by atoms with Gasteiger partial charge in [-0.15, -0.1) is 0 Å².